The van der Waals surface area contributed by atoms with Crippen molar-refractivity contribution < 1.29 is 0 Å². The topological polar surface area (TPSA) is 0 Å². The molecule has 3 aromatic rings. The fourth-order valence-corrected chi connectivity index (χ4v) is 3.04. The van der Waals surface area contributed by atoms with Gasteiger partial charge in [-0.2, -0.15) is 0 Å². The van der Waals surface area contributed by atoms with Crippen LogP contribution in [0.4, 0.5) is 0 Å². The second-order valence-corrected chi connectivity index (χ2v) is 5.92. The highest BCUT2D eigenvalue weighted by molar-refractivity contribution is 5.82. The first-order valence-electron chi connectivity index (χ1n) is 8.14. The van der Waals surface area contributed by atoms with Crippen molar-refractivity contribution in [1.82, 2.24) is 0 Å². The van der Waals surface area contributed by atoms with Crippen LogP contribution in [0.3, 0.4) is 0 Å². The van der Waals surface area contributed by atoms with Crippen LogP contribution in [0.2, 0.25) is 0 Å². The summed E-state index contributed by atoms with van der Waals surface area (Å²) in [6.07, 6.45) is 0. The Morgan fingerprint density at radius 3 is 1.43 bits per heavy atom. The van der Waals surface area contributed by atoms with Crippen molar-refractivity contribution >= 4 is 5.57 Å². The smallest absolute Gasteiger partial charge is 0.00264 e. The molecule has 0 nitrogen and oxygen atoms in total. The number of hydrogen-bond acceptors (Lipinski definition) is 0. The normalized spacial score (nSPS) is 11.7. The molecule has 0 saturated carbocycles. The Kier molecular flexibility index (Phi) is 4.73. The van der Waals surface area contributed by atoms with Crippen LogP contribution in [-0.2, 0) is 0 Å². The zero-order valence-electron chi connectivity index (χ0n) is 13.7. The van der Waals surface area contributed by atoms with Crippen molar-refractivity contribution in [3.05, 3.63) is 113 Å². The van der Waals surface area contributed by atoms with Crippen LogP contribution in [0, 0.1) is 0 Å². The summed E-state index contributed by atoms with van der Waals surface area (Å²) in [5.41, 5.74) is 6.64. The molecule has 114 valence electrons. The van der Waals surface area contributed by atoms with Gasteiger partial charge >= 0.3 is 0 Å². The van der Waals surface area contributed by atoms with Gasteiger partial charge < -0.3 is 0 Å². The Labute approximate surface area is 139 Å². The predicted octanol–water partition coefficient (Wildman–Crippen LogP) is 6.31. The van der Waals surface area contributed by atoms with Crippen molar-refractivity contribution in [1.29, 1.82) is 0 Å². The first kappa shape index (κ1) is 15.3. The van der Waals surface area contributed by atoms with Gasteiger partial charge in [-0.25, -0.2) is 0 Å². The van der Waals surface area contributed by atoms with E-state index >= 15 is 0 Å². The molecular weight excluding hydrogens is 276 g/mol. The minimum Gasteiger partial charge on any atom is -0.0622 e. The van der Waals surface area contributed by atoms with E-state index < -0.39 is 0 Å². The van der Waals surface area contributed by atoms with Crippen molar-refractivity contribution in [3.8, 4) is 0 Å². The SMILES string of the molecule is CC(=C(c1ccccc1)c1ccccc1)[C@H](C)c1ccccc1. The van der Waals surface area contributed by atoms with E-state index in [-0.39, 0.29) is 0 Å². The Morgan fingerprint density at radius 1 is 0.609 bits per heavy atom. The summed E-state index contributed by atoms with van der Waals surface area (Å²) in [5.74, 6) is 0.381. The molecule has 0 heterocycles. The van der Waals surface area contributed by atoms with E-state index in [9.17, 15) is 0 Å². The van der Waals surface area contributed by atoms with Crippen molar-refractivity contribution in [2.24, 2.45) is 0 Å². The molecule has 3 aromatic carbocycles. The molecule has 0 spiro atoms. The van der Waals surface area contributed by atoms with Gasteiger partial charge in [0.25, 0.3) is 0 Å². The van der Waals surface area contributed by atoms with Gasteiger partial charge in [0, 0.05) is 5.92 Å². The third-order valence-corrected chi connectivity index (χ3v) is 4.47. The van der Waals surface area contributed by atoms with Gasteiger partial charge in [0.05, 0.1) is 0 Å². The summed E-state index contributed by atoms with van der Waals surface area (Å²) in [5, 5.41) is 0. The van der Waals surface area contributed by atoms with Crippen molar-refractivity contribution in [2.75, 3.05) is 0 Å². The molecule has 0 fully saturated rings. The standard InChI is InChI=1S/C23H22/c1-18(20-12-6-3-7-13-20)19(2)23(21-14-8-4-9-15-21)22-16-10-5-11-17-22/h3-18H,1-2H3/t18-/m0/s1. The molecule has 0 aromatic heterocycles. The fraction of sp³-hybridized carbons (Fsp3) is 0.130. The van der Waals surface area contributed by atoms with Gasteiger partial charge in [-0.1, -0.05) is 103 Å². The predicted molar refractivity (Wildman–Crippen MR) is 99.4 cm³/mol. The molecule has 1 atom stereocenters. The lowest BCUT2D eigenvalue weighted by molar-refractivity contribution is 0.896. The maximum absolute atomic E-state index is 2.29. The fourth-order valence-electron chi connectivity index (χ4n) is 3.04. The van der Waals surface area contributed by atoms with Crippen LogP contribution >= 0.6 is 0 Å². The van der Waals surface area contributed by atoms with Crippen LogP contribution < -0.4 is 0 Å². The molecule has 0 heteroatoms. The van der Waals surface area contributed by atoms with E-state index in [1.54, 1.807) is 0 Å². The van der Waals surface area contributed by atoms with E-state index in [4.69, 9.17) is 0 Å². The molecule has 0 saturated heterocycles. The minimum absolute atomic E-state index is 0.381. The first-order valence-corrected chi connectivity index (χ1v) is 8.14. The van der Waals surface area contributed by atoms with Crippen molar-refractivity contribution in [2.45, 2.75) is 19.8 Å². The Morgan fingerprint density at radius 2 is 1.00 bits per heavy atom. The van der Waals surface area contributed by atoms with E-state index in [0.717, 1.165) is 0 Å². The molecular formula is C23H22. The van der Waals surface area contributed by atoms with E-state index in [0.29, 0.717) is 5.92 Å². The Balaban J connectivity index is 2.14. The maximum atomic E-state index is 2.29. The summed E-state index contributed by atoms with van der Waals surface area (Å²) in [4.78, 5) is 0. The molecule has 0 radical (unpaired) electrons. The van der Waals surface area contributed by atoms with Crippen LogP contribution in [-0.4, -0.2) is 0 Å². The minimum atomic E-state index is 0.381. The zero-order valence-corrected chi connectivity index (χ0v) is 13.7. The molecule has 0 aliphatic heterocycles. The molecule has 3 rings (SSSR count). The van der Waals surface area contributed by atoms with Crippen LogP contribution in [0.5, 0.6) is 0 Å². The summed E-state index contributed by atoms with van der Waals surface area (Å²) < 4.78 is 0. The lowest BCUT2D eigenvalue weighted by atomic mass is 9.85. The maximum Gasteiger partial charge on any atom is 0.00264 e. The van der Waals surface area contributed by atoms with E-state index in [1.807, 2.05) is 0 Å². The van der Waals surface area contributed by atoms with Gasteiger partial charge in [0.15, 0.2) is 0 Å². The summed E-state index contributed by atoms with van der Waals surface area (Å²) in [6.45, 7) is 4.55. The highest BCUT2D eigenvalue weighted by Gasteiger charge is 2.15. The summed E-state index contributed by atoms with van der Waals surface area (Å²) in [6, 6.07) is 32.1. The highest BCUT2D eigenvalue weighted by Crippen LogP contribution is 2.34. The zero-order chi connectivity index (χ0) is 16.1. The van der Waals surface area contributed by atoms with Crippen LogP contribution in [0.15, 0.2) is 96.6 Å². The molecule has 0 aliphatic carbocycles. The average Bonchev–Trinajstić information content (AvgIpc) is 2.64. The second kappa shape index (κ2) is 7.11. The molecule has 0 amide bonds. The van der Waals surface area contributed by atoms with Gasteiger partial charge in [-0.3, -0.25) is 0 Å². The van der Waals surface area contributed by atoms with E-state index in [1.165, 1.54) is 27.8 Å². The number of benzene rings is 3. The lowest BCUT2D eigenvalue weighted by Crippen LogP contribution is -2.00. The lowest BCUT2D eigenvalue weighted by Gasteiger charge is -2.19. The number of allylic oxidation sites excluding steroid dienone is 1. The summed E-state index contributed by atoms with van der Waals surface area (Å²) in [7, 11) is 0. The molecule has 0 aliphatic rings. The second-order valence-electron chi connectivity index (χ2n) is 5.92. The van der Waals surface area contributed by atoms with Gasteiger partial charge in [0.1, 0.15) is 0 Å². The molecule has 0 unspecified atom stereocenters. The Hall–Kier alpha value is -2.60. The largest absolute Gasteiger partial charge is 0.0622 e. The summed E-state index contributed by atoms with van der Waals surface area (Å²) >= 11 is 0. The average molecular weight is 298 g/mol. The third kappa shape index (κ3) is 3.43. The number of hydrogen-bond donors (Lipinski definition) is 0. The van der Waals surface area contributed by atoms with Gasteiger partial charge in [0.2, 0.25) is 0 Å². The highest BCUT2D eigenvalue weighted by atomic mass is 14.2. The number of rotatable bonds is 4. The quantitative estimate of drug-likeness (QED) is 0.529. The molecule has 23 heavy (non-hydrogen) atoms. The first-order chi connectivity index (χ1) is 11.3. The van der Waals surface area contributed by atoms with Gasteiger partial charge in [-0.15, -0.1) is 0 Å². The van der Waals surface area contributed by atoms with Crippen molar-refractivity contribution in [3.63, 3.8) is 0 Å². The Bertz CT molecular complexity index is 727. The van der Waals surface area contributed by atoms with Crippen LogP contribution in [0.25, 0.3) is 5.57 Å². The van der Waals surface area contributed by atoms with Gasteiger partial charge in [-0.05, 0) is 29.2 Å². The van der Waals surface area contributed by atoms with E-state index in [2.05, 4.69) is 105 Å². The third-order valence-electron chi connectivity index (χ3n) is 4.47. The van der Waals surface area contributed by atoms with Crippen LogP contribution in [0.1, 0.15) is 36.5 Å². The monoisotopic (exact) mass is 298 g/mol. The molecule has 0 N–H and O–H groups in total. The molecule has 0 bridgehead atoms.